The summed E-state index contributed by atoms with van der Waals surface area (Å²) in [6, 6.07) is 0. The summed E-state index contributed by atoms with van der Waals surface area (Å²) < 4.78 is 48.8. The van der Waals surface area contributed by atoms with Crippen LogP contribution >= 0.6 is 0 Å². The van der Waals surface area contributed by atoms with Crippen LogP contribution in [0, 0.1) is 0 Å². The molecular formula is C7H12F4. The van der Waals surface area contributed by atoms with Crippen molar-refractivity contribution in [1.29, 1.82) is 0 Å². The molecule has 0 saturated heterocycles. The lowest BCUT2D eigenvalue weighted by Crippen LogP contribution is -2.19. The van der Waals surface area contributed by atoms with E-state index in [0.717, 1.165) is 0 Å². The zero-order valence-electron chi connectivity index (χ0n) is 6.63. The third-order valence-electron chi connectivity index (χ3n) is 1.45. The molecule has 0 spiro atoms. The van der Waals surface area contributed by atoms with Gasteiger partial charge < -0.3 is 0 Å². The second kappa shape index (κ2) is 3.41. The molecule has 0 radical (unpaired) electrons. The molecule has 0 fully saturated rings. The van der Waals surface area contributed by atoms with Crippen LogP contribution in [0.2, 0.25) is 0 Å². The number of alkyl halides is 4. The minimum Gasteiger partial charge on any atom is -0.207 e. The van der Waals surface area contributed by atoms with E-state index in [-0.39, 0.29) is 6.42 Å². The Morgan fingerprint density at radius 1 is 1.00 bits per heavy atom. The first kappa shape index (κ1) is 10.7. The van der Waals surface area contributed by atoms with Crippen LogP contribution in [-0.4, -0.2) is 11.8 Å². The standard InChI is InChI=1S/C7H12F4/c1-3-7(10,11)5-4-6(2,8)9/h3-5H2,1-2H3. The van der Waals surface area contributed by atoms with Gasteiger partial charge in [0.25, 0.3) is 0 Å². The zero-order valence-corrected chi connectivity index (χ0v) is 6.63. The summed E-state index contributed by atoms with van der Waals surface area (Å²) >= 11 is 0. The van der Waals surface area contributed by atoms with E-state index in [2.05, 4.69) is 0 Å². The van der Waals surface area contributed by atoms with Gasteiger partial charge in [-0.25, -0.2) is 17.6 Å². The lowest BCUT2D eigenvalue weighted by atomic mass is 10.1. The maximum Gasteiger partial charge on any atom is 0.248 e. The summed E-state index contributed by atoms with van der Waals surface area (Å²) in [5.41, 5.74) is 0. The molecule has 0 aliphatic heterocycles. The number of rotatable bonds is 4. The number of halogens is 4. The molecule has 0 aliphatic rings. The molecule has 0 aliphatic carbocycles. The summed E-state index contributed by atoms with van der Waals surface area (Å²) in [4.78, 5) is 0. The number of hydrogen-bond acceptors (Lipinski definition) is 0. The monoisotopic (exact) mass is 172 g/mol. The van der Waals surface area contributed by atoms with Crippen LogP contribution in [0.3, 0.4) is 0 Å². The summed E-state index contributed by atoms with van der Waals surface area (Å²) in [5.74, 6) is -5.90. The fraction of sp³-hybridized carbons (Fsp3) is 1.00. The quantitative estimate of drug-likeness (QED) is 0.569. The molecule has 0 saturated carbocycles. The SMILES string of the molecule is CCC(F)(F)CCC(C)(F)F. The minimum absolute atomic E-state index is 0.372. The van der Waals surface area contributed by atoms with Crippen LogP contribution < -0.4 is 0 Å². The summed E-state index contributed by atoms with van der Waals surface area (Å²) in [7, 11) is 0. The average molecular weight is 172 g/mol. The molecule has 0 aromatic heterocycles. The third-order valence-corrected chi connectivity index (χ3v) is 1.45. The van der Waals surface area contributed by atoms with Crippen molar-refractivity contribution in [3.8, 4) is 0 Å². The molecule has 0 heterocycles. The molecule has 11 heavy (non-hydrogen) atoms. The van der Waals surface area contributed by atoms with Crippen LogP contribution in [0.25, 0.3) is 0 Å². The zero-order chi connectivity index (χ0) is 9.12. The van der Waals surface area contributed by atoms with E-state index in [9.17, 15) is 17.6 Å². The van der Waals surface area contributed by atoms with Crippen LogP contribution in [0.4, 0.5) is 17.6 Å². The van der Waals surface area contributed by atoms with Crippen molar-refractivity contribution < 1.29 is 17.6 Å². The van der Waals surface area contributed by atoms with Crippen molar-refractivity contribution in [3.05, 3.63) is 0 Å². The lowest BCUT2D eigenvalue weighted by Gasteiger charge is -2.16. The molecule has 0 bridgehead atoms. The Morgan fingerprint density at radius 3 is 1.73 bits per heavy atom. The highest BCUT2D eigenvalue weighted by Gasteiger charge is 2.31. The largest absolute Gasteiger partial charge is 0.248 e. The Kier molecular flexibility index (Phi) is 3.32. The van der Waals surface area contributed by atoms with E-state index in [4.69, 9.17) is 0 Å². The van der Waals surface area contributed by atoms with E-state index in [1.54, 1.807) is 0 Å². The maximum atomic E-state index is 12.3. The molecular weight excluding hydrogens is 160 g/mol. The first-order valence-corrected chi connectivity index (χ1v) is 3.52. The molecule has 0 unspecified atom stereocenters. The molecule has 0 aromatic rings. The highest BCUT2D eigenvalue weighted by molar-refractivity contribution is 4.68. The highest BCUT2D eigenvalue weighted by atomic mass is 19.3. The Morgan fingerprint density at radius 2 is 1.45 bits per heavy atom. The topological polar surface area (TPSA) is 0 Å². The van der Waals surface area contributed by atoms with Crippen molar-refractivity contribution >= 4 is 0 Å². The van der Waals surface area contributed by atoms with Gasteiger partial charge in [-0.05, 0) is 6.92 Å². The molecule has 4 heteroatoms. The van der Waals surface area contributed by atoms with Crippen molar-refractivity contribution in [1.82, 2.24) is 0 Å². The fourth-order valence-electron chi connectivity index (χ4n) is 0.579. The van der Waals surface area contributed by atoms with Gasteiger partial charge in [0.05, 0.1) is 0 Å². The summed E-state index contributed by atoms with van der Waals surface area (Å²) in [6.07, 6.45) is -1.84. The molecule has 0 N–H and O–H groups in total. The van der Waals surface area contributed by atoms with E-state index in [0.29, 0.717) is 6.92 Å². The van der Waals surface area contributed by atoms with E-state index in [1.165, 1.54) is 6.92 Å². The van der Waals surface area contributed by atoms with E-state index in [1.807, 2.05) is 0 Å². The molecule has 0 nitrogen and oxygen atoms in total. The summed E-state index contributed by atoms with van der Waals surface area (Å²) in [6.45, 7) is 1.94. The Bertz CT molecular complexity index is 114. The predicted octanol–water partition coefficient (Wildman–Crippen LogP) is 3.47. The van der Waals surface area contributed by atoms with Crippen LogP contribution in [-0.2, 0) is 0 Å². The van der Waals surface area contributed by atoms with Gasteiger partial charge in [-0.2, -0.15) is 0 Å². The average Bonchev–Trinajstić information content (AvgIpc) is 1.83. The number of hydrogen-bond donors (Lipinski definition) is 0. The Balaban J connectivity index is 3.70. The van der Waals surface area contributed by atoms with Crippen LogP contribution in [0.15, 0.2) is 0 Å². The lowest BCUT2D eigenvalue weighted by molar-refractivity contribution is -0.0557. The third kappa shape index (κ3) is 6.13. The first-order chi connectivity index (χ1) is 4.77. The molecule has 0 aromatic carbocycles. The smallest absolute Gasteiger partial charge is 0.207 e. The van der Waals surface area contributed by atoms with Crippen molar-refractivity contribution in [2.24, 2.45) is 0 Å². The van der Waals surface area contributed by atoms with Gasteiger partial charge in [0.2, 0.25) is 11.8 Å². The first-order valence-electron chi connectivity index (χ1n) is 3.52. The van der Waals surface area contributed by atoms with Gasteiger partial charge in [0, 0.05) is 19.3 Å². The van der Waals surface area contributed by atoms with E-state index >= 15 is 0 Å². The maximum absolute atomic E-state index is 12.3. The molecule has 0 amide bonds. The van der Waals surface area contributed by atoms with Gasteiger partial charge in [0.15, 0.2) is 0 Å². The van der Waals surface area contributed by atoms with Crippen LogP contribution in [0.5, 0.6) is 0 Å². The van der Waals surface area contributed by atoms with Gasteiger partial charge in [0.1, 0.15) is 0 Å². The van der Waals surface area contributed by atoms with Gasteiger partial charge >= 0.3 is 0 Å². The van der Waals surface area contributed by atoms with Crippen LogP contribution in [0.1, 0.15) is 33.1 Å². The fourth-order valence-corrected chi connectivity index (χ4v) is 0.579. The minimum atomic E-state index is -2.97. The summed E-state index contributed by atoms with van der Waals surface area (Å²) in [5, 5.41) is 0. The normalized spacial score (nSPS) is 13.6. The second-order valence-corrected chi connectivity index (χ2v) is 2.78. The van der Waals surface area contributed by atoms with Gasteiger partial charge in [-0.3, -0.25) is 0 Å². The van der Waals surface area contributed by atoms with Gasteiger partial charge in [-0.15, -0.1) is 0 Å². The second-order valence-electron chi connectivity index (χ2n) is 2.78. The Labute approximate surface area is 63.6 Å². The van der Waals surface area contributed by atoms with Crippen molar-refractivity contribution in [2.75, 3.05) is 0 Å². The van der Waals surface area contributed by atoms with E-state index < -0.39 is 24.7 Å². The Hall–Kier alpha value is -0.280. The molecule has 0 rings (SSSR count). The molecule has 68 valence electrons. The highest BCUT2D eigenvalue weighted by Crippen LogP contribution is 2.29. The molecule has 0 atom stereocenters. The van der Waals surface area contributed by atoms with Crippen molar-refractivity contribution in [2.45, 2.75) is 45.0 Å². The van der Waals surface area contributed by atoms with Crippen molar-refractivity contribution in [3.63, 3.8) is 0 Å². The van der Waals surface area contributed by atoms with Gasteiger partial charge in [-0.1, -0.05) is 6.92 Å². The predicted molar refractivity (Wildman–Crippen MR) is 35.1 cm³/mol.